The third-order valence-electron chi connectivity index (χ3n) is 3.89. The summed E-state index contributed by atoms with van der Waals surface area (Å²) >= 11 is 1.26. The zero-order chi connectivity index (χ0) is 20.1. The molecule has 0 aliphatic heterocycles. The summed E-state index contributed by atoms with van der Waals surface area (Å²) in [6.45, 7) is 1.83. The number of carbonyl (C=O) groups excluding carboxylic acids is 2. The molecule has 3 rings (SSSR count). The smallest absolute Gasteiger partial charge is 0.282 e. The van der Waals surface area contributed by atoms with Gasteiger partial charge in [0.1, 0.15) is 16.4 Å². The Hall–Kier alpha value is -3.39. The fourth-order valence-corrected chi connectivity index (χ4v) is 3.39. The predicted molar refractivity (Wildman–Crippen MR) is 107 cm³/mol. The van der Waals surface area contributed by atoms with Gasteiger partial charge in [-0.2, -0.15) is 0 Å². The number of rotatable bonds is 5. The van der Waals surface area contributed by atoms with Gasteiger partial charge in [-0.15, -0.1) is 11.3 Å². The zero-order valence-corrected chi connectivity index (χ0v) is 16.4. The third-order valence-corrected chi connectivity index (χ3v) is 4.86. The van der Waals surface area contributed by atoms with E-state index in [1.54, 1.807) is 18.2 Å². The second-order valence-corrected chi connectivity index (χ2v) is 6.99. The van der Waals surface area contributed by atoms with E-state index in [-0.39, 0.29) is 0 Å². The average Bonchev–Trinajstić information content (AvgIpc) is 3.13. The van der Waals surface area contributed by atoms with Gasteiger partial charge in [-0.05, 0) is 19.1 Å². The fourth-order valence-electron chi connectivity index (χ4n) is 2.55. The van der Waals surface area contributed by atoms with E-state index in [9.17, 15) is 9.59 Å². The monoisotopic (exact) mass is 397 g/mol. The number of thiazole rings is 1. The molecule has 0 bridgehead atoms. The van der Waals surface area contributed by atoms with Crippen molar-refractivity contribution in [3.63, 3.8) is 0 Å². The molecule has 0 radical (unpaired) electrons. The van der Waals surface area contributed by atoms with E-state index >= 15 is 0 Å². The number of nitrogens with one attached hydrogen (secondary N) is 2. The first kappa shape index (κ1) is 19.4. The lowest BCUT2D eigenvalue weighted by Gasteiger charge is -2.10. The number of hydrogen-bond donors (Lipinski definition) is 2. The lowest BCUT2D eigenvalue weighted by Crippen LogP contribution is -2.41. The fraction of sp³-hybridized carbons (Fsp3) is 0.150. The molecule has 1 heterocycles. The zero-order valence-electron chi connectivity index (χ0n) is 15.6. The summed E-state index contributed by atoms with van der Waals surface area (Å²) in [5.74, 6) is 0.0151. The summed E-state index contributed by atoms with van der Waals surface area (Å²) in [6, 6.07) is 14.2. The molecule has 0 saturated heterocycles. The summed E-state index contributed by atoms with van der Waals surface area (Å²) in [7, 11) is 2.99. The maximum Gasteiger partial charge on any atom is 0.282 e. The van der Waals surface area contributed by atoms with Gasteiger partial charge < -0.3 is 9.47 Å². The first-order valence-electron chi connectivity index (χ1n) is 8.38. The van der Waals surface area contributed by atoms with Crippen molar-refractivity contribution in [3.05, 3.63) is 64.0 Å². The molecule has 7 nitrogen and oxygen atoms in total. The molecule has 3 aromatic rings. The lowest BCUT2D eigenvalue weighted by molar-refractivity contribution is 0.0849. The van der Waals surface area contributed by atoms with E-state index in [2.05, 4.69) is 15.8 Å². The van der Waals surface area contributed by atoms with Crippen LogP contribution in [0.4, 0.5) is 0 Å². The molecule has 0 saturated carbocycles. The Labute approximate surface area is 166 Å². The van der Waals surface area contributed by atoms with Crippen LogP contribution >= 0.6 is 11.3 Å². The van der Waals surface area contributed by atoms with Crippen LogP contribution in [0.5, 0.6) is 11.5 Å². The number of ether oxygens (including phenoxy) is 2. The van der Waals surface area contributed by atoms with Crippen LogP contribution in [0.1, 0.15) is 25.0 Å². The summed E-state index contributed by atoms with van der Waals surface area (Å²) in [4.78, 5) is 29.9. The van der Waals surface area contributed by atoms with Gasteiger partial charge in [-0.1, -0.05) is 30.3 Å². The van der Waals surface area contributed by atoms with Crippen molar-refractivity contribution in [3.8, 4) is 22.8 Å². The molecular formula is C20H19N3O4S. The van der Waals surface area contributed by atoms with Crippen LogP contribution in [0.3, 0.4) is 0 Å². The second-order valence-electron chi connectivity index (χ2n) is 5.79. The number of aryl methyl sites for hydroxylation is 1. The molecular weight excluding hydrogens is 378 g/mol. The van der Waals surface area contributed by atoms with Gasteiger partial charge in [0.25, 0.3) is 11.8 Å². The van der Waals surface area contributed by atoms with E-state index in [0.29, 0.717) is 27.6 Å². The number of hydrogen-bond acceptors (Lipinski definition) is 6. The maximum absolute atomic E-state index is 12.6. The highest BCUT2D eigenvalue weighted by molar-refractivity contribution is 7.14. The van der Waals surface area contributed by atoms with Crippen LogP contribution in [0, 0.1) is 6.92 Å². The molecule has 2 N–H and O–H groups in total. The lowest BCUT2D eigenvalue weighted by atomic mass is 10.1. The van der Waals surface area contributed by atoms with E-state index < -0.39 is 11.8 Å². The van der Waals surface area contributed by atoms with Gasteiger partial charge in [-0.3, -0.25) is 20.4 Å². The highest BCUT2D eigenvalue weighted by atomic mass is 32.1. The number of benzene rings is 2. The van der Waals surface area contributed by atoms with E-state index in [0.717, 1.165) is 10.6 Å². The molecule has 8 heteroatoms. The van der Waals surface area contributed by atoms with Crippen molar-refractivity contribution in [2.75, 3.05) is 14.2 Å². The van der Waals surface area contributed by atoms with Crippen LogP contribution in [0.15, 0.2) is 48.5 Å². The SMILES string of the molecule is COc1cc(OC)cc(C(=O)NNC(=O)c2sc(C)nc2-c2ccccc2)c1. The van der Waals surface area contributed by atoms with Crippen LogP contribution in [-0.2, 0) is 0 Å². The van der Waals surface area contributed by atoms with Gasteiger partial charge in [0.05, 0.1) is 24.9 Å². The molecule has 0 atom stereocenters. The highest BCUT2D eigenvalue weighted by Crippen LogP contribution is 2.27. The molecule has 0 aliphatic carbocycles. The number of hydrazine groups is 1. The predicted octanol–water partition coefficient (Wildman–Crippen LogP) is 3.21. The Balaban J connectivity index is 1.76. The topological polar surface area (TPSA) is 89.5 Å². The van der Waals surface area contributed by atoms with Crippen LogP contribution in [0.2, 0.25) is 0 Å². The van der Waals surface area contributed by atoms with Crippen molar-refractivity contribution in [2.45, 2.75) is 6.92 Å². The first-order valence-corrected chi connectivity index (χ1v) is 9.20. The highest BCUT2D eigenvalue weighted by Gasteiger charge is 2.19. The third kappa shape index (κ3) is 4.29. The van der Waals surface area contributed by atoms with Crippen LogP contribution in [-0.4, -0.2) is 31.0 Å². The molecule has 2 aromatic carbocycles. The van der Waals surface area contributed by atoms with Crippen LogP contribution in [0.25, 0.3) is 11.3 Å². The number of carbonyl (C=O) groups is 2. The molecule has 1 aromatic heterocycles. The molecule has 28 heavy (non-hydrogen) atoms. The average molecular weight is 397 g/mol. The van der Waals surface area contributed by atoms with Crippen LogP contribution < -0.4 is 20.3 Å². The van der Waals surface area contributed by atoms with E-state index in [1.807, 2.05) is 37.3 Å². The van der Waals surface area contributed by atoms with Crippen molar-refractivity contribution in [2.24, 2.45) is 0 Å². The number of amides is 2. The Kier molecular flexibility index (Phi) is 5.90. The summed E-state index contributed by atoms with van der Waals surface area (Å²) in [5, 5.41) is 0.757. The molecule has 144 valence electrons. The normalized spacial score (nSPS) is 10.2. The minimum absolute atomic E-state index is 0.292. The van der Waals surface area contributed by atoms with Crippen molar-refractivity contribution < 1.29 is 19.1 Å². The Morgan fingerprint density at radius 1 is 0.929 bits per heavy atom. The Bertz CT molecular complexity index is 980. The number of nitrogens with zero attached hydrogens (tertiary/aromatic N) is 1. The minimum Gasteiger partial charge on any atom is -0.497 e. The first-order chi connectivity index (χ1) is 13.5. The van der Waals surface area contributed by atoms with Gasteiger partial charge in [0.15, 0.2) is 0 Å². The molecule has 0 unspecified atom stereocenters. The minimum atomic E-state index is -0.493. The molecule has 0 aliphatic rings. The molecule has 2 amide bonds. The molecule has 0 fully saturated rings. The van der Waals surface area contributed by atoms with Crippen molar-refractivity contribution in [1.29, 1.82) is 0 Å². The van der Waals surface area contributed by atoms with Gasteiger partial charge >= 0.3 is 0 Å². The van der Waals surface area contributed by atoms with Crippen molar-refractivity contribution >= 4 is 23.2 Å². The summed E-state index contributed by atoms with van der Waals surface area (Å²) in [6.07, 6.45) is 0. The standard InChI is InChI=1S/C20H19N3O4S/c1-12-21-17(13-7-5-4-6-8-13)18(28-12)20(25)23-22-19(24)14-9-15(26-2)11-16(10-14)27-3/h4-11H,1-3H3,(H,22,24)(H,23,25). The van der Waals surface area contributed by atoms with Gasteiger partial charge in [0.2, 0.25) is 0 Å². The van der Waals surface area contributed by atoms with Gasteiger partial charge in [-0.25, -0.2) is 4.98 Å². The van der Waals surface area contributed by atoms with Gasteiger partial charge in [0, 0.05) is 17.2 Å². The largest absolute Gasteiger partial charge is 0.497 e. The van der Waals surface area contributed by atoms with E-state index in [4.69, 9.17) is 9.47 Å². The summed E-state index contributed by atoms with van der Waals surface area (Å²) < 4.78 is 10.3. The number of methoxy groups -OCH3 is 2. The van der Waals surface area contributed by atoms with Crippen molar-refractivity contribution in [1.82, 2.24) is 15.8 Å². The van der Waals surface area contributed by atoms with E-state index in [1.165, 1.54) is 25.6 Å². The Morgan fingerprint density at radius 3 is 2.14 bits per heavy atom. The quantitative estimate of drug-likeness (QED) is 0.646. The summed E-state index contributed by atoms with van der Waals surface area (Å²) in [5.41, 5.74) is 6.57. The Morgan fingerprint density at radius 2 is 1.54 bits per heavy atom. The number of aromatic nitrogens is 1. The maximum atomic E-state index is 12.6. The molecule has 0 spiro atoms. The second kappa shape index (κ2) is 8.53.